The van der Waals surface area contributed by atoms with Crippen molar-refractivity contribution in [3.05, 3.63) is 22.1 Å². The van der Waals surface area contributed by atoms with Gasteiger partial charge in [0, 0.05) is 31.1 Å². The molecule has 0 spiro atoms. The number of aryl methyl sites for hydroxylation is 1. The average Bonchev–Trinajstić information content (AvgIpc) is 3.27. The van der Waals surface area contributed by atoms with E-state index in [0.717, 1.165) is 5.01 Å². The summed E-state index contributed by atoms with van der Waals surface area (Å²) in [4.78, 5) is 29.2. The van der Waals surface area contributed by atoms with Gasteiger partial charge in [-0.15, -0.1) is 11.3 Å². The van der Waals surface area contributed by atoms with Gasteiger partial charge in [0.2, 0.25) is 0 Å². The molecule has 0 aliphatic carbocycles. The maximum Gasteiger partial charge on any atom is 0.471 e. The Bertz CT molecular complexity index is 825. The van der Waals surface area contributed by atoms with Crippen LogP contribution in [0.4, 0.5) is 13.2 Å². The fraction of sp³-hybridized carbons (Fsp3) is 0.500. The van der Waals surface area contributed by atoms with E-state index in [-0.39, 0.29) is 24.1 Å². The number of halogens is 3. The molecule has 0 saturated carbocycles. The van der Waals surface area contributed by atoms with E-state index < -0.39 is 12.1 Å². The molecule has 0 radical (unpaired) electrons. The van der Waals surface area contributed by atoms with E-state index in [0.29, 0.717) is 37.4 Å². The van der Waals surface area contributed by atoms with Crippen LogP contribution in [-0.4, -0.2) is 52.7 Å². The van der Waals surface area contributed by atoms with Gasteiger partial charge in [-0.05, 0) is 25.7 Å². The lowest BCUT2D eigenvalue weighted by Crippen LogP contribution is -2.44. The molecule has 11 heteroatoms. The van der Waals surface area contributed by atoms with Gasteiger partial charge in [-0.2, -0.15) is 13.2 Å². The molecule has 2 amide bonds. The molecule has 0 bridgehead atoms. The van der Waals surface area contributed by atoms with Crippen LogP contribution in [0.5, 0.6) is 0 Å². The van der Waals surface area contributed by atoms with Crippen LogP contribution in [0.3, 0.4) is 0 Å². The standard InChI is InChI=1S/C16H17F3N4O3S/c1-9-21-12(8-27-9)13-6-11(22-26-13)14(24)23-4-2-10(3-5-23)7-20-15(25)16(17,18)19/h6,8,10H,2-5,7H2,1H3,(H,20,25). The molecule has 146 valence electrons. The van der Waals surface area contributed by atoms with Gasteiger partial charge in [0.25, 0.3) is 5.91 Å². The van der Waals surface area contributed by atoms with E-state index in [1.807, 2.05) is 17.6 Å². The first-order chi connectivity index (χ1) is 12.7. The molecule has 0 atom stereocenters. The summed E-state index contributed by atoms with van der Waals surface area (Å²) < 4.78 is 41.8. The summed E-state index contributed by atoms with van der Waals surface area (Å²) >= 11 is 1.46. The molecule has 1 fully saturated rings. The SMILES string of the molecule is Cc1nc(-c2cc(C(=O)N3CCC(CNC(=O)C(F)(F)F)CC3)no2)cs1. The Morgan fingerprint density at radius 1 is 1.37 bits per heavy atom. The third-order valence-electron chi connectivity index (χ3n) is 4.31. The van der Waals surface area contributed by atoms with Crippen LogP contribution in [-0.2, 0) is 4.79 Å². The molecule has 1 N–H and O–H groups in total. The van der Waals surface area contributed by atoms with Crippen LogP contribution < -0.4 is 5.32 Å². The highest BCUT2D eigenvalue weighted by Gasteiger charge is 2.38. The molecule has 27 heavy (non-hydrogen) atoms. The topological polar surface area (TPSA) is 88.3 Å². The summed E-state index contributed by atoms with van der Waals surface area (Å²) in [5.41, 5.74) is 0.780. The Balaban J connectivity index is 1.52. The Labute approximate surface area is 156 Å². The quantitative estimate of drug-likeness (QED) is 0.850. The van der Waals surface area contributed by atoms with E-state index in [9.17, 15) is 22.8 Å². The number of alkyl halides is 3. The van der Waals surface area contributed by atoms with Gasteiger partial charge in [-0.25, -0.2) is 4.98 Å². The number of carbonyl (C=O) groups excluding carboxylic acids is 2. The summed E-state index contributed by atoms with van der Waals surface area (Å²) in [6, 6.07) is 1.53. The van der Waals surface area contributed by atoms with Gasteiger partial charge in [-0.1, -0.05) is 5.16 Å². The third kappa shape index (κ3) is 4.65. The lowest BCUT2D eigenvalue weighted by Gasteiger charge is -2.31. The van der Waals surface area contributed by atoms with Crippen molar-refractivity contribution in [2.24, 2.45) is 5.92 Å². The van der Waals surface area contributed by atoms with E-state index >= 15 is 0 Å². The number of hydrogen-bond acceptors (Lipinski definition) is 6. The highest BCUT2D eigenvalue weighted by molar-refractivity contribution is 7.09. The summed E-state index contributed by atoms with van der Waals surface area (Å²) in [6.45, 7) is 2.56. The molecular weight excluding hydrogens is 385 g/mol. The van der Waals surface area contributed by atoms with Crippen molar-refractivity contribution in [1.29, 1.82) is 0 Å². The average molecular weight is 402 g/mol. The van der Waals surface area contributed by atoms with Crippen molar-refractivity contribution in [3.8, 4) is 11.5 Å². The van der Waals surface area contributed by atoms with E-state index in [4.69, 9.17) is 4.52 Å². The van der Waals surface area contributed by atoms with Crippen LogP contribution in [0.25, 0.3) is 11.5 Å². The zero-order valence-electron chi connectivity index (χ0n) is 14.4. The summed E-state index contributed by atoms with van der Waals surface area (Å²) in [5, 5.41) is 8.37. The number of thiazole rings is 1. The lowest BCUT2D eigenvalue weighted by molar-refractivity contribution is -0.173. The number of nitrogens with zero attached hydrogens (tertiary/aromatic N) is 3. The number of aromatic nitrogens is 2. The molecule has 1 aliphatic heterocycles. The molecule has 2 aromatic heterocycles. The Morgan fingerprint density at radius 3 is 2.67 bits per heavy atom. The first-order valence-electron chi connectivity index (χ1n) is 8.27. The van der Waals surface area contributed by atoms with Gasteiger partial charge >= 0.3 is 12.1 Å². The normalized spacial score (nSPS) is 15.8. The first-order valence-corrected chi connectivity index (χ1v) is 9.15. The number of hydrogen-bond donors (Lipinski definition) is 1. The number of carbonyl (C=O) groups is 2. The number of likely N-dealkylation sites (tertiary alicyclic amines) is 1. The minimum absolute atomic E-state index is 0.0579. The number of rotatable bonds is 4. The van der Waals surface area contributed by atoms with Gasteiger partial charge in [0.1, 0.15) is 5.69 Å². The number of piperidine rings is 1. The van der Waals surface area contributed by atoms with Crippen molar-refractivity contribution in [3.63, 3.8) is 0 Å². The molecule has 0 aromatic carbocycles. The monoisotopic (exact) mass is 402 g/mol. The summed E-state index contributed by atoms with van der Waals surface area (Å²) in [6.07, 6.45) is -3.88. The van der Waals surface area contributed by atoms with Crippen LogP contribution in [0.1, 0.15) is 28.3 Å². The molecule has 2 aromatic rings. The van der Waals surface area contributed by atoms with Crippen molar-refractivity contribution in [2.75, 3.05) is 19.6 Å². The van der Waals surface area contributed by atoms with Crippen molar-refractivity contribution in [2.45, 2.75) is 25.9 Å². The predicted molar refractivity (Wildman–Crippen MR) is 90.0 cm³/mol. The minimum Gasteiger partial charge on any atom is -0.354 e. The zero-order chi connectivity index (χ0) is 19.6. The Morgan fingerprint density at radius 2 is 2.07 bits per heavy atom. The number of nitrogens with one attached hydrogen (secondary N) is 1. The highest BCUT2D eigenvalue weighted by atomic mass is 32.1. The number of amides is 2. The molecule has 0 unspecified atom stereocenters. The van der Waals surface area contributed by atoms with Gasteiger partial charge in [-0.3, -0.25) is 9.59 Å². The Kier molecular flexibility index (Phi) is 5.49. The molecule has 1 saturated heterocycles. The third-order valence-corrected chi connectivity index (χ3v) is 5.08. The smallest absolute Gasteiger partial charge is 0.354 e. The maximum atomic E-state index is 12.5. The molecular formula is C16H17F3N4O3S. The second-order valence-corrected chi connectivity index (χ2v) is 7.33. The zero-order valence-corrected chi connectivity index (χ0v) is 15.2. The van der Waals surface area contributed by atoms with E-state index in [1.165, 1.54) is 17.4 Å². The van der Waals surface area contributed by atoms with Crippen molar-refractivity contribution < 1.29 is 27.3 Å². The van der Waals surface area contributed by atoms with Crippen LogP contribution >= 0.6 is 11.3 Å². The van der Waals surface area contributed by atoms with Gasteiger partial charge < -0.3 is 14.7 Å². The van der Waals surface area contributed by atoms with Crippen LogP contribution in [0.2, 0.25) is 0 Å². The van der Waals surface area contributed by atoms with Crippen LogP contribution in [0, 0.1) is 12.8 Å². The van der Waals surface area contributed by atoms with E-state index in [1.54, 1.807) is 4.90 Å². The second-order valence-electron chi connectivity index (χ2n) is 6.27. The van der Waals surface area contributed by atoms with Crippen LogP contribution in [0.15, 0.2) is 16.0 Å². The maximum absolute atomic E-state index is 12.5. The fourth-order valence-electron chi connectivity index (χ4n) is 2.81. The molecule has 3 heterocycles. The van der Waals surface area contributed by atoms with Gasteiger partial charge in [0.15, 0.2) is 11.5 Å². The van der Waals surface area contributed by atoms with Gasteiger partial charge in [0.05, 0.1) is 5.01 Å². The molecule has 7 nitrogen and oxygen atoms in total. The molecule has 1 aliphatic rings. The highest BCUT2D eigenvalue weighted by Crippen LogP contribution is 2.24. The summed E-state index contributed by atoms with van der Waals surface area (Å²) in [5.74, 6) is -1.93. The fourth-order valence-corrected chi connectivity index (χ4v) is 3.41. The predicted octanol–water partition coefficient (Wildman–Crippen LogP) is 2.64. The summed E-state index contributed by atoms with van der Waals surface area (Å²) in [7, 11) is 0. The second kappa shape index (κ2) is 7.67. The first kappa shape index (κ1) is 19.3. The van der Waals surface area contributed by atoms with Crippen molar-refractivity contribution in [1.82, 2.24) is 20.4 Å². The van der Waals surface area contributed by atoms with Crippen molar-refractivity contribution >= 4 is 23.2 Å². The van der Waals surface area contributed by atoms with E-state index in [2.05, 4.69) is 10.1 Å². The molecule has 3 rings (SSSR count). The Hall–Kier alpha value is -2.43. The largest absolute Gasteiger partial charge is 0.471 e. The lowest BCUT2D eigenvalue weighted by atomic mass is 9.96. The minimum atomic E-state index is -4.88.